The largest absolute Gasteiger partial charge is 0.493 e. The normalized spacial score (nSPS) is 12.8. The van der Waals surface area contributed by atoms with Crippen LogP contribution in [0.5, 0.6) is 11.5 Å². The third kappa shape index (κ3) is 4.94. The first-order chi connectivity index (χ1) is 16.8. The van der Waals surface area contributed by atoms with Crippen LogP contribution in [0.3, 0.4) is 0 Å². The lowest BCUT2D eigenvalue weighted by atomic mass is 9.85. The van der Waals surface area contributed by atoms with Crippen LogP contribution in [0, 0.1) is 11.8 Å². The Hall–Kier alpha value is -4.00. The highest BCUT2D eigenvalue weighted by molar-refractivity contribution is 5.97. The van der Waals surface area contributed by atoms with Gasteiger partial charge in [-0.15, -0.1) is 0 Å². The molecule has 0 N–H and O–H groups in total. The lowest BCUT2D eigenvalue weighted by Crippen LogP contribution is -2.21. The van der Waals surface area contributed by atoms with E-state index < -0.39 is 0 Å². The second-order valence-corrected chi connectivity index (χ2v) is 8.79. The van der Waals surface area contributed by atoms with Crippen LogP contribution >= 0.6 is 0 Å². The number of ketones is 2. The summed E-state index contributed by atoms with van der Waals surface area (Å²) < 4.78 is 12.5. The van der Waals surface area contributed by atoms with Gasteiger partial charge in [0, 0.05) is 30.7 Å². The van der Waals surface area contributed by atoms with Crippen molar-refractivity contribution < 1.29 is 20.5 Å². The Morgan fingerprint density at radius 3 is 2.34 bits per heavy atom. The molecule has 2 unspecified atom stereocenters. The van der Waals surface area contributed by atoms with E-state index in [-0.39, 0.29) is 24.8 Å². The number of hydrogen-bond acceptors (Lipinski definition) is 6. The van der Waals surface area contributed by atoms with Crippen molar-refractivity contribution >= 4 is 17.2 Å². The van der Waals surface area contributed by atoms with Crippen molar-refractivity contribution in [1.82, 2.24) is 14.6 Å². The number of aromatic nitrogens is 3. The molecule has 182 valence electrons. The Bertz CT molecular complexity index is 1380. The van der Waals surface area contributed by atoms with Crippen LogP contribution in [0.2, 0.25) is 0 Å². The number of carbonyl (C=O) groups excluding carboxylic acids is 2. The Morgan fingerprint density at radius 1 is 0.971 bits per heavy atom. The van der Waals surface area contributed by atoms with Gasteiger partial charge in [-0.2, -0.15) is 5.10 Å². The fourth-order valence-corrected chi connectivity index (χ4v) is 4.15. The predicted molar refractivity (Wildman–Crippen MR) is 136 cm³/mol. The van der Waals surface area contributed by atoms with Gasteiger partial charge in [0.1, 0.15) is 5.69 Å². The summed E-state index contributed by atoms with van der Waals surface area (Å²) in [5.41, 5.74) is 4.42. The molecule has 2 heterocycles. The zero-order valence-electron chi connectivity index (χ0n) is 20.6. The number of rotatable bonds is 9. The molecule has 0 fully saturated rings. The summed E-state index contributed by atoms with van der Waals surface area (Å²) in [7, 11) is 3.19. The second kappa shape index (κ2) is 10.1. The molecule has 7 nitrogen and oxygen atoms in total. The molecular weight excluding hydrogens is 442 g/mol. The second-order valence-electron chi connectivity index (χ2n) is 8.79. The fourth-order valence-electron chi connectivity index (χ4n) is 4.15. The maximum atomic E-state index is 13.3. The molecule has 0 aliphatic heterocycles. The van der Waals surface area contributed by atoms with Gasteiger partial charge in [0.25, 0.3) is 0 Å². The molecule has 35 heavy (non-hydrogen) atoms. The molecule has 2 atom stereocenters. The number of fused-ring (bicyclic) bond motifs is 1. The van der Waals surface area contributed by atoms with Crippen molar-refractivity contribution in [2.45, 2.75) is 27.2 Å². The van der Waals surface area contributed by atoms with Crippen LogP contribution in [0.25, 0.3) is 16.9 Å². The Balaban J connectivity index is 0.00000361. The van der Waals surface area contributed by atoms with Gasteiger partial charge in [0.2, 0.25) is 0 Å². The van der Waals surface area contributed by atoms with E-state index in [2.05, 4.69) is 17.0 Å². The molecule has 0 bridgehead atoms. The van der Waals surface area contributed by atoms with Crippen LogP contribution < -0.4 is 9.47 Å². The molecule has 7 heteroatoms. The monoisotopic (exact) mass is 473 g/mol. The van der Waals surface area contributed by atoms with Gasteiger partial charge in [-0.05, 0) is 49.1 Å². The molecule has 2 aromatic heterocycles. The van der Waals surface area contributed by atoms with Gasteiger partial charge >= 0.3 is 0 Å². The van der Waals surface area contributed by atoms with Gasteiger partial charge in [-0.3, -0.25) is 9.59 Å². The van der Waals surface area contributed by atoms with Crippen molar-refractivity contribution in [3.05, 3.63) is 77.6 Å². The number of ether oxygens (including phenoxy) is 2. The molecule has 4 aromatic rings. The molecule has 0 amide bonds. The molecule has 0 aliphatic carbocycles. The number of Topliss-reactive ketones (excluding diaryl/α,β-unsaturated/α-hetero) is 2. The smallest absolute Gasteiger partial charge is 0.186 e. The highest BCUT2D eigenvalue weighted by atomic mass is 16.5. The van der Waals surface area contributed by atoms with Gasteiger partial charge in [-0.1, -0.05) is 38.1 Å². The maximum Gasteiger partial charge on any atom is 0.186 e. The molecular formula is C28H31N3O4. The summed E-state index contributed by atoms with van der Waals surface area (Å²) in [6, 6.07) is 16.8. The van der Waals surface area contributed by atoms with E-state index in [0.717, 1.165) is 23.2 Å². The number of hydrogen-bond donors (Lipinski definition) is 0. The Labute approximate surface area is 206 Å². The van der Waals surface area contributed by atoms with Crippen molar-refractivity contribution in [1.29, 1.82) is 0 Å². The average Bonchev–Trinajstić information content (AvgIpc) is 3.32. The minimum absolute atomic E-state index is 0. The lowest BCUT2D eigenvalue weighted by Gasteiger charge is -2.18. The van der Waals surface area contributed by atoms with E-state index in [1.807, 2.05) is 55.5 Å². The first kappa shape index (κ1) is 24.1. The van der Waals surface area contributed by atoms with Crippen molar-refractivity contribution in [3.63, 3.8) is 0 Å². The number of benzene rings is 2. The summed E-state index contributed by atoms with van der Waals surface area (Å²) in [4.78, 5) is 29.3. The molecule has 2 aromatic carbocycles. The van der Waals surface area contributed by atoms with Crippen molar-refractivity contribution in [2.75, 3.05) is 14.2 Å². The predicted octanol–water partition coefficient (Wildman–Crippen LogP) is 5.56. The number of methoxy groups -OCH3 is 2. The van der Waals surface area contributed by atoms with E-state index in [4.69, 9.17) is 9.47 Å². The summed E-state index contributed by atoms with van der Waals surface area (Å²) in [5, 5.41) is 4.62. The van der Waals surface area contributed by atoms with Crippen LogP contribution in [-0.2, 0) is 6.42 Å². The molecule has 0 aliphatic rings. The lowest BCUT2D eigenvalue weighted by molar-refractivity contribution is 0.0887. The standard InChI is InChI=1S/C28H29N3O4.H2/c1-17(14-20-6-8-21(9-7-20)19(3)32)18(2)28(33)23-16-27-29-13-12-24(31(27)30-23)22-10-11-25(34-4)26(15-22)35-5;/h6-13,15-18H,14H2,1-5H3;1H. The van der Waals surface area contributed by atoms with E-state index in [0.29, 0.717) is 28.4 Å². The fraction of sp³-hybridized carbons (Fsp3) is 0.286. The van der Waals surface area contributed by atoms with E-state index in [9.17, 15) is 9.59 Å². The van der Waals surface area contributed by atoms with Crippen LogP contribution in [0.15, 0.2) is 60.8 Å². The van der Waals surface area contributed by atoms with Gasteiger partial charge in [0.15, 0.2) is 28.7 Å². The average molecular weight is 474 g/mol. The SMILES string of the molecule is COc1ccc(-c2ccnc3cc(C(=O)C(C)C(C)Cc4ccc(C(C)=O)cc4)nn23)cc1OC.[HH]. The zero-order chi connectivity index (χ0) is 25.1. The van der Waals surface area contributed by atoms with E-state index in [1.54, 1.807) is 37.9 Å². The first-order valence-electron chi connectivity index (χ1n) is 11.5. The molecule has 0 radical (unpaired) electrons. The van der Waals surface area contributed by atoms with E-state index >= 15 is 0 Å². The first-order valence-corrected chi connectivity index (χ1v) is 11.5. The van der Waals surface area contributed by atoms with Crippen LogP contribution in [0.1, 0.15) is 48.6 Å². The van der Waals surface area contributed by atoms with Crippen LogP contribution in [-0.4, -0.2) is 40.4 Å². The Morgan fingerprint density at radius 2 is 1.69 bits per heavy atom. The topological polar surface area (TPSA) is 82.8 Å². The van der Waals surface area contributed by atoms with Crippen molar-refractivity contribution in [2.24, 2.45) is 11.8 Å². The summed E-state index contributed by atoms with van der Waals surface area (Å²) in [6.07, 6.45) is 2.43. The molecule has 0 saturated heterocycles. The summed E-state index contributed by atoms with van der Waals surface area (Å²) in [6.45, 7) is 5.55. The molecule has 4 rings (SSSR count). The van der Waals surface area contributed by atoms with Gasteiger partial charge < -0.3 is 9.47 Å². The van der Waals surface area contributed by atoms with Crippen molar-refractivity contribution in [3.8, 4) is 22.8 Å². The van der Waals surface area contributed by atoms with E-state index in [1.165, 1.54) is 0 Å². The quantitative estimate of drug-likeness (QED) is 0.296. The number of carbonyl (C=O) groups is 2. The van der Waals surface area contributed by atoms with Crippen LogP contribution in [0.4, 0.5) is 0 Å². The number of nitrogens with zero attached hydrogens (tertiary/aromatic N) is 3. The van der Waals surface area contributed by atoms with Gasteiger partial charge in [-0.25, -0.2) is 9.50 Å². The summed E-state index contributed by atoms with van der Waals surface area (Å²) in [5.74, 6) is 1.11. The van der Waals surface area contributed by atoms with Gasteiger partial charge in [0.05, 0.1) is 19.9 Å². The molecule has 0 spiro atoms. The summed E-state index contributed by atoms with van der Waals surface area (Å²) >= 11 is 0. The highest BCUT2D eigenvalue weighted by Crippen LogP contribution is 2.32. The Kier molecular flexibility index (Phi) is 6.96. The highest BCUT2D eigenvalue weighted by Gasteiger charge is 2.25. The minimum atomic E-state index is -0.239. The maximum absolute atomic E-state index is 13.3. The third-order valence-corrected chi connectivity index (χ3v) is 6.47. The molecule has 0 saturated carbocycles. The minimum Gasteiger partial charge on any atom is -0.493 e. The third-order valence-electron chi connectivity index (χ3n) is 6.47. The zero-order valence-corrected chi connectivity index (χ0v) is 20.6.